The Morgan fingerprint density at radius 1 is 0.477 bits per heavy atom. The van der Waals surface area contributed by atoms with E-state index in [1.165, 1.54) is 176 Å². The molecule has 0 atom stereocenters. The zero-order valence-corrected chi connectivity index (χ0v) is 29.7. The number of unbranched alkanes of at least 4 members (excludes halogenated alkanes) is 12. The van der Waals surface area contributed by atoms with Crippen LogP contribution in [0, 0.1) is 25.7 Å². The molecule has 246 valence electrons. The first-order valence-corrected chi connectivity index (χ1v) is 19.8. The van der Waals surface area contributed by atoms with Crippen LogP contribution in [0.1, 0.15) is 202 Å². The minimum atomic E-state index is 0.776. The fraction of sp³-hybridized carbons (Fsp3) is 0.727. The van der Waals surface area contributed by atoms with Gasteiger partial charge in [0, 0.05) is 0 Å². The van der Waals surface area contributed by atoms with Crippen molar-refractivity contribution in [2.24, 2.45) is 11.8 Å². The maximum atomic E-state index is 2.53. The Morgan fingerprint density at radius 2 is 0.977 bits per heavy atom. The maximum absolute atomic E-state index is 2.53. The van der Waals surface area contributed by atoms with Crippen molar-refractivity contribution < 1.29 is 0 Å². The van der Waals surface area contributed by atoms with E-state index in [0.717, 1.165) is 23.7 Å². The molecule has 0 radical (unpaired) electrons. The third kappa shape index (κ3) is 11.4. The van der Waals surface area contributed by atoms with Gasteiger partial charge in [-0.2, -0.15) is 0 Å². The normalized spacial score (nSPS) is 22.4. The van der Waals surface area contributed by atoms with Crippen LogP contribution in [-0.2, 0) is 0 Å². The second-order valence-corrected chi connectivity index (χ2v) is 15.4. The van der Waals surface area contributed by atoms with Crippen LogP contribution in [0.25, 0.3) is 11.1 Å². The second kappa shape index (κ2) is 19.8. The molecule has 44 heavy (non-hydrogen) atoms. The highest BCUT2D eigenvalue weighted by molar-refractivity contribution is 5.69. The summed E-state index contributed by atoms with van der Waals surface area (Å²) in [4.78, 5) is 0. The number of benzene rings is 2. The van der Waals surface area contributed by atoms with Crippen LogP contribution < -0.4 is 0 Å². The molecule has 2 aromatic carbocycles. The van der Waals surface area contributed by atoms with Gasteiger partial charge >= 0.3 is 0 Å². The number of hydrogen-bond donors (Lipinski definition) is 0. The minimum Gasteiger partial charge on any atom is -0.0654 e. The topological polar surface area (TPSA) is 0 Å². The van der Waals surface area contributed by atoms with E-state index in [1.54, 1.807) is 11.1 Å². The molecule has 0 unspecified atom stereocenters. The van der Waals surface area contributed by atoms with Crippen LogP contribution in [0.15, 0.2) is 36.4 Å². The summed E-state index contributed by atoms with van der Waals surface area (Å²) >= 11 is 0. The molecule has 0 heterocycles. The van der Waals surface area contributed by atoms with E-state index in [-0.39, 0.29) is 0 Å². The molecule has 0 amide bonds. The zero-order valence-electron chi connectivity index (χ0n) is 29.7. The fourth-order valence-corrected chi connectivity index (χ4v) is 8.89. The van der Waals surface area contributed by atoms with Gasteiger partial charge in [-0.25, -0.2) is 0 Å². The van der Waals surface area contributed by atoms with Crippen LogP contribution in [-0.4, -0.2) is 0 Å². The van der Waals surface area contributed by atoms with E-state index >= 15 is 0 Å². The lowest BCUT2D eigenvalue weighted by Gasteiger charge is -2.30. The Labute approximate surface area is 274 Å². The molecule has 4 rings (SSSR count). The predicted octanol–water partition coefficient (Wildman–Crippen LogP) is 14.8. The van der Waals surface area contributed by atoms with E-state index in [2.05, 4.69) is 64.1 Å². The quantitative estimate of drug-likeness (QED) is 0.141. The zero-order chi connectivity index (χ0) is 31.0. The van der Waals surface area contributed by atoms with Crippen molar-refractivity contribution in [1.82, 2.24) is 0 Å². The molecule has 2 fully saturated rings. The first kappa shape index (κ1) is 35.3. The van der Waals surface area contributed by atoms with Crippen molar-refractivity contribution in [3.63, 3.8) is 0 Å². The molecule has 0 nitrogen and oxygen atoms in total. The van der Waals surface area contributed by atoms with Gasteiger partial charge in [0.25, 0.3) is 0 Å². The van der Waals surface area contributed by atoms with Gasteiger partial charge in [0.15, 0.2) is 0 Å². The van der Waals surface area contributed by atoms with E-state index in [4.69, 9.17) is 0 Å². The summed E-state index contributed by atoms with van der Waals surface area (Å²) in [6.45, 7) is 9.35. The molecule has 0 N–H and O–H groups in total. The van der Waals surface area contributed by atoms with Crippen molar-refractivity contribution in [2.45, 2.75) is 194 Å². The fourth-order valence-electron chi connectivity index (χ4n) is 8.89. The van der Waals surface area contributed by atoms with E-state index in [1.807, 2.05) is 0 Å². The highest BCUT2D eigenvalue weighted by Crippen LogP contribution is 2.41. The maximum Gasteiger partial charge on any atom is -0.0154 e. The highest BCUT2D eigenvalue weighted by Gasteiger charge is 2.24. The van der Waals surface area contributed by atoms with Crippen LogP contribution in [0.2, 0.25) is 0 Å². The van der Waals surface area contributed by atoms with Gasteiger partial charge in [0.2, 0.25) is 0 Å². The van der Waals surface area contributed by atoms with E-state index < -0.39 is 0 Å². The van der Waals surface area contributed by atoms with Gasteiger partial charge in [-0.1, -0.05) is 153 Å². The molecule has 2 aliphatic rings. The van der Waals surface area contributed by atoms with Gasteiger partial charge in [-0.3, -0.25) is 0 Å². The van der Waals surface area contributed by atoms with Crippen molar-refractivity contribution in [1.29, 1.82) is 0 Å². The van der Waals surface area contributed by atoms with Crippen molar-refractivity contribution in [3.8, 4) is 11.1 Å². The lowest BCUT2D eigenvalue weighted by atomic mass is 9.75. The molecule has 0 heteroatoms. The molecule has 0 bridgehead atoms. The SMILES string of the molecule is CCCCCCCCCC1CCC(c2ccc(-c3ccc(C4CCC(CCCCCCCCC)CC4)c(C)c3)c(C)c2)CC1. The van der Waals surface area contributed by atoms with Gasteiger partial charge in [-0.15, -0.1) is 0 Å². The largest absolute Gasteiger partial charge is 0.0654 e. The molecule has 0 aliphatic heterocycles. The number of aryl methyl sites for hydroxylation is 2. The number of hydrogen-bond acceptors (Lipinski definition) is 0. The third-order valence-electron chi connectivity index (χ3n) is 11.9. The van der Waals surface area contributed by atoms with E-state index in [0.29, 0.717) is 0 Å². The van der Waals surface area contributed by atoms with Crippen LogP contribution in [0.5, 0.6) is 0 Å². The summed E-state index contributed by atoms with van der Waals surface area (Å²) in [5.41, 5.74) is 9.06. The van der Waals surface area contributed by atoms with Crippen LogP contribution in [0.3, 0.4) is 0 Å². The summed E-state index contributed by atoms with van der Waals surface area (Å²) in [7, 11) is 0. The average Bonchev–Trinajstić information content (AvgIpc) is 3.04. The van der Waals surface area contributed by atoms with Crippen LogP contribution in [0.4, 0.5) is 0 Å². The van der Waals surface area contributed by atoms with Gasteiger partial charge in [-0.05, 0) is 122 Å². The van der Waals surface area contributed by atoms with Crippen molar-refractivity contribution in [2.75, 3.05) is 0 Å². The Hall–Kier alpha value is -1.56. The molecule has 0 spiro atoms. The molecular formula is C44H70. The third-order valence-corrected chi connectivity index (χ3v) is 11.9. The van der Waals surface area contributed by atoms with Crippen LogP contribution >= 0.6 is 0 Å². The Balaban J connectivity index is 1.19. The lowest BCUT2D eigenvalue weighted by molar-refractivity contribution is 0.301. The van der Waals surface area contributed by atoms with Crippen molar-refractivity contribution >= 4 is 0 Å². The Kier molecular flexibility index (Phi) is 15.9. The molecule has 0 saturated heterocycles. The predicted molar refractivity (Wildman–Crippen MR) is 196 cm³/mol. The summed E-state index contributed by atoms with van der Waals surface area (Å²) in [6, 6.07) is 14.9. The summed E-state index contributed by atoms with van der Waals surface area (Å²) in [5.74, 6) is 3.53. The highest BCUT2D eigenvalue weighted by atomic mass is 14.3. The Bertz CT molecular complexity index is 1050. The van der Waals surface area contributed by atoms with Gasteiger partial charge < -0.3 is 0 Å². The summed E-state index contributed by atoms with van der Waals surface area (Å²) in [5, 5.41) is 0. The first-order chi connectivity index (χ1) is 21.6. The summed E-state index contributed by atoms with van der Waals surface area (Å²) < 4.78 is 0. The molecule has 2 saturated carbocycles. The molecule has 2 aromatic rings. The van der Waals surface area contributed by atoms with Gasteiger partial charge in [0.1, 0.15) is 0 Å². The minimum absolute atomic E-state index is 0.776. The summed E-state index contributed by atoms with van der Waals surface area (Å²) in [6.07, 6.45) is 34.5. The van der Waals surface area contributed by atoms with E-state index in [9.17, 15) is 0 Å². The number of rotatable bonds is 19. The monoisotopic (exact) mass is 599 g/mol. The molecule has 2 aliphatic carbocycles. The Morgan fingerprint density at radius 3 is 1.48 bits per heavy atom. The van der Waals surface area contributed by atoms with Crippen molar-refractivity contribution in [3.05, 3.63) is 58.7 Å². The standard InChI is InChI=1S/C44H70/c1-5-7-9-11-13-15-17-19-37-21-25-39(26-22-37)41-29-31-44(35(3)33-41)42-30-32-43(36(4)34-42)40-27-23-38(24-28-40)20-18-16-14-12-10-8-6-2/h29-34,37-40H,5-28H2,1-4H3. The average molecular weight is 599 g/mol. The van der Waals surface area contributed by atoms with Gasteiger partial charge in [0.05, 0.1) is 0 Å². The second-order valence-electron chi connectivity index (χ2n) is 15.4. The molecule has 0 aromatic heterocycles. The first-order valence-electron chi connectivity index (χ1n) is 19.8. The smallest absolute Gasteiger partial charge is 0.0154 e. The molecular weight excluding hydrogens is 528 g/mol. The lowest BCUT2D eigenvalue weighted by Crippen LogP contribution is -2.14.